The largest absolute Gasteiger partial charge is 0.480 e. The maximum Gasteiger partial charge on any atom is 0.328 e. The Morgan fingerprint density at radius 3 is 2.53 bits per heavy atom. The van der Waals surface area contributed by atoms with E-state index in [1.807, 2.05) is 0 Å². The summed E-state index contributed by atoms with van der Waals surface area (Å²) < 4.78 is 26.3. The Balaban J connectivity index is 3.37. The molecule has 0 aliphatic heterocycles. The van der Waals surface area contributed by atoms with Crippen molar-refractivity contribution >= 4 is 5.97 Å². The molecule has 0 radical (unpaired) electrons. The zero-order valence-electron chi connectivity index (χ0n) is 8.34. The summed E-state index contributed by atoms with van der Waals surface area (Å²) in [6.45, 7) is 1.27. The summed E-state index contributed by atoms with van der Waals surface area (Å²) >= 11 is 0. The average molecular weight is 215 g/mol. The Morgan fingerprint density at radius 2 is 2.07 bits per heavy atom. The van der Waals surface area contributed by atoms with Gasteiger partial charge in [0.2, 0.25) is 0 Å². The molecule has 1 aromatic carbocycles. The molecule has 0 bridgehead atoms. The second-order valence-electron chi connectivity index (χ2n) is 3.28. The van der Waals surface area contributed by atoms with E-state index in [1.165, 1.54) is 26.1 Å². The van der Waals surface area contributed by atoms with Gasteiger partial charge in [-0.2, -0.15) is 0 Å². The van der Waals surface area contributed by atoms with Crippen LogP contribution in [0.2, 0.25) is 0 Å². The van der Waals surface area contributed by atoms with Gasteiger partial charge in [0.25, 0.3) is 0 Å². The lowest BCUT2D eigenvalue weighted by Gasteiger charge is -2.25. The van der Waals surface area contributed by atoms with Crippen molar-refractivity contribution in [3.05, 3.63) is 35.4 Å². The van der Waals surface area contributed by atoms with Gasteiger partial charge >= 0.3 is 5.97 Å². The van der Waals surface area contributed by atoms with Gasteiger partial charge in [0.1, 0.15) is 5.54 Å². The number of halogens is 2. The number of hydrogen-bond donors (Lipinski definition) is 2. The summed E-state index contributed by atoms with van der Waals surface area (Å²) in [4.78, 5) is 11.0. The molecule has 0 aliphatic rings. The lowest BCUT2D eigenvalue weighted by Crippen LogP contribution is -2.45. The number of nitrogens with one attached hydrogen (secondary N) is 1. The van der Waals surface area contributed by atoms with Crippen LogP contribution in [-0.2, 0) is 10.3 Å². The van der Waals surface area contributed by atoms with Gasteiger partial charge in [0, 0.05) is 5.56 Å². The molecule has 0 saturated heterocycles. The maximum absolute atomic E-state index is 13.4. The summed E-state index contributed by atoms with van der Waals surface area (Å²) in [5.74, 6) is -3.47. The Hall–Kier alpha value is -1.49. The third-order valence-electron chi connectivity index (χ3n) is 2.42. The first-order valence-corrected chi connectivity index (χ1v) is 4.30. The number of hydrogen-bond acceptors (Lipinski definition) is 2. The first-order chi connectivity index (χ1) is 6.93. The lowest BCUT2D eigenvalue weighted by atomic mass is 9.92. The third kappa shape index (κ3) is 1.83. The number of carboxylic acid groups (broad SMARTS) is 1. The summed E-state index contributed by atoms with van der Waals surface area (Å²) in [5, 5.41) is 11.4. The van der Waals surface area contributed by atoms with Crippen LogP contribution in [-0.4, -0.2) is 18.1 Å². The maximum atomic E-state index is 13.4. The first-order valence-electron chi connectivity index (χ1n) is 4.30. The van der Waals surface area contributed by atoms with Crippen LogP contribution in [0.15, 0.2) is 18.2 Å². The summed E-state index contributed by atoms with van der Waals surface area (Å²) in [6, 6.07) is 3.45. The van der Waals surface area contributed by atoms with E-state index in [4.69, 9.17) is 5.11 Å². The van der Waals surface area contributed by atoms with Crippen molar-refractivity contribution in [3.63, 3.8) is 0 Å². The molecule has 0 saturated carbocycles. The molecule has 1 aromatic rings. The highest BCUT2D eigenvalue weighted by atomic mass is 19.2. The van der Waals surface area contributed by atoms with Crippen LogP contribution in [0.5, 0.6) is 0 Å². The summed E-state index contributed by atoms with van der Waals surface area (Å²) in [5.41, 5.74) is -1.86. The Morgan fingerprint density at radius 1 is 1.47 bits per heavy atom. The molecular formula is C10H11F2NO2. The normalized spacial score (nSPS) is 14.7. The van der Waals surface area contributed by atoms with Gasteiger partial charge in [-0.3, -0.25) is 0 Å². The Bertz CT molecular complexity index is 395. The lowest BCUT2D eigenvalue weighted by molar-refractivity contribution is -0.144. The number of likely N-dealkylation sites (N-methyl/N-ethyl adjacent to an activating group) is 1. The van der Waals surface area contributed by atoms with Gasteiger partial charge in [-0.1, -0.05) is 12.1 Å². The molecule has 5 heteroatoms. The molecule has 0 aliphatic carbocycles. The van der Waals surface area contributed by atoms with E-state index in [0.717, 1.165) is 6.07 Å². The average Bonchev–Trinajstić information content (AvgIpc) is 2.20. The first kappa shape index (κ1) is 11.6. The van der Waals surface area contributed by atoms with Crippen LogP contribution < -0.4 is 5.32 Å². The quantitative estimate of drug-likeness (QED) is 0.803. The Labute approximate surface area is 85.7 Å². The van der Waals surface area contributed by atoms with E-state index in [0.29, 0.717) is 0 Å². The van der Waals surface area contributed by atoms with E-state index >= 15 is 0 Å². The molecule has 15 heavy (non-hydrogen) atoms. The smallest absolute Gasteiger partial charge is 0.328 e. The molecule has 82 valence electrons. The molecular weight excluding hydrogens is 204 g/mol. The van der Waals surface area contributed by atoms with Crippen molar-refractivity contribution < 1.29 is 18.7 Å². The standard InChI is InChI=1S/C10H11F2NO2/c1-10(13-2,9(14)15)6-4-3-5-7(11)8(6)12/h3-5,13H,1-2H3,(H,14,15). The van der Waals surface area contributed by atoms with Crippen molar-refractivity contribution in [2.75, 3.05) is 7.05 Å². The molecule has 1 unspecified atom stereocenters. The van der Waals surface area contributed by atoms with Gasteiger partial charge in [-0.15, -0.1) is 0 Å². The predicted octanol–water partition coefficient (Wildman–Crippen LogP) is 1.48. The zero-order valence-corrected chi connectivity index (χ0v) is 8.34. The van der Waals surface area contributed by atoms with Crippen LogP contribution in [0.1, 0.15) is 12.5 Å². The van der Waals surface area contributed by atoms with Crippen LogP contribution >= 0.6 is 0 Å². The van der Waals surface area contributed by atoms with E-state index in [-0.39, 0.29) is 5.56 Å². The number of carboxylic acids is 1. The molecule has 3 nitrogen and oxygen atoms in total. The molecule has 2 N–H and O–H groups in total. The van der Waals surface area contributed by atoms with Gasteiger partial charge in [0.05, 0.1) is 0 Å². The van der Waals surface area contributed by atoms with Gasteiger partial charge in [0.15, 0.2) is 11.6 Å². The number of benzene rings is 1. The SMILES string of the molecule is CNC(C)(C(=O)O)c1cccc(F)c1F. The highest BCUT2D eigenvalue weighted by Crippen LogP contribution is 2.24. The fourth-order valence-corrected chi connectivity index (χ4v) is 1.25. The van der Waals surface area contributed by atoms with Crippen LogP contribution in [0.3, 0.4) is 0 Å². The van der Waals surface area contributed by atoms with Gasteiger partial charge in [-0.25, -0.2) is 13.6 Å². The van der Waals surface area contributed by atoms with Crippen molar-refractivity contribution in [2.24, 2.45) is 0 Å². The summed E-state index contributed by atoms with van der Waals surface area (Å²) in [6.07, 6.45) is 0. The monoisotopic (exact) mass is 215 g/mol. The fourth-order valence-electron chi connectivity index (χ4n) is 1.25. The predicted molar refractivity (Wildman–Crippen MR) is 50.4 cm³/mol. The Kier molecular flexibility index (Phi) is 3.04. The van der Waals surface area contributed by atoms with Crippen LogP contribution in [0.4, 0.5) is 8.78 Å². The minimum atomic E-state index is -1.63. The van der Waals surface area contributed by atoms with Crippen LogP contribution in [0.25, 0.3) is 0 Å². The fraction of sp³-hybridized carbons (Fsp3) is 0.300. The second-order valence-corrected chi connectivity index (χ2v) is 3.28. The molecule has 0 fully saturated rings. The van der Waals surface area contributed by atoms with Gasteiger partial charge < -0.3 is 10.4 Å². The highest BCUT2D eigenvalue weighted by Gasteiger charge is 2.36. The number of rotatable bonds is 3. The molecule has 0 spiro atoms. The number of aliphatic carboxylic acids is 1. The zero-order chi connectivity index (χ0) is 11.6. The minimum absolute atomic E-state index is 0.225. The van der Waals surface area contributed by atoms with Crippen molar-refractivity contribution in [1.82, 2.24) is 5.32 Å². The van der Waals surface area contributed by atoms with E-state index in [2.05, 4.69) is 5.32 Å². The minimum Gasteiger partial charge on any atom is -0.480 e. The summed E-state index contributed by atoms with van der Waals surface area (Å²) in [7, 11) is 1.37. The topological polar surface area (TPSA) is 49.3 Å². The van der Waals surface area contributed by atoms with Crippen molar-refractivity contribution in [3.8, 4) is 0 Å². The van der Waals surface area contributed by atoms with E-state index < -0.39 is 23.1 Å². The van der Waals surface area contributed by atoms with E-state index in [9.17, 15) is 13.6 Å². The third-order valence-corrected chi connectivity index (χ3v) is 2.42. The molecule has 1 rings (SSSR count). The van der Waals surface area contributed by atoms with Crippen molar-refractivity contribution in [1.29, 1.82) is 0 Å². The molecule has 1 atom stereocenters. The molecule has 0 heterocycles. The number of carbonyl (C=O) groups is 1. The van der Waals surface area contributed by atoms with Crippen molar-refractivity contribution in [2.45, 2.75) is 12.5 Å². The van der Waals surface area contributed by atoms with Gasteiger partial charge in [-0.05, 0) is 20.0 Å². The van der Waals surface area contributed by atoms with Crippen LogP contribution in [0, 0.1) is 11.6 Å². The second kappa shape index (κ2) is 3.94. The molecule has 0 amide bonds. The molecule has 0 aromatic heterocycles. The highest BCUT2D eigenvalue weighted by molar-refractivity contribution is 5.80. The van der Waals surface area contributed by atoms with E-state index in [1.54, 1.807) is 0 Å².